The minimum atomic E-state index is -3.07. The summed E-state index contributed by atoms with van der Waals surface area (Å²) in [5.41, 5.74) is -0.351. The van der Waals surface area contributed by atoms with Crippen molar-refractivity contribution in [1.82, 2.24) is 15.3 Å². The fraction of sp³-hybridized carbons (Fsp3) is 0.438. The lowest BCUT2D eigenvalue weighted by molar-refractivity contribution is -0.122. The molecule has 1 aromatic heterocycles. The number of aromatic nitrogens is 2. The predicted octanol–water partition coefficient (Wildman–Crippen LogP) is 0.549. The molecule has 2 heterocycles. The number of hydrogen-bond acceptors (Lipinski definition) is 5. The second-order valence-electron chi connectivity index (χ2n) is 6.48. The Balaban J connectivity index is 1.66. The van der Waals surface area contributed by atoms with E-state index in [1.807, 2.05) is 0 Å². The van der Waals surface area contributed by atoms with E-state index in [0.29, 0.717) is 23.1 Å². The zero-order chi connectivity index (χ0) is 17.4. The zero-order valence-corrected chi connectivity index (χ0v) is 14.1. The molecule has 1 amide bonds. The first-order valence-corrected chi connectivity index (χ1v) is 9.58. The van der Waals surface area contributed by atoms with E-state index in [1.165, 1.54) is 0 Å². The van der Waals surface area contributed by atoms with Crippen molar-refractivity contribution in [3.05, 3.63) is 40.4 Å². The molecule has 0 radical (unpaired) electrons. The molecule has 128 valence electrons. The van der Waals surface area contributed by atoms with Crippen LogP contribution in [-0.4, -0.2) is 41.3 Å². The number of rotatable bonds is 4. The Hall–Kier alpha value is -2.22. The number of carbonyl (C=O) groups is 1. The second kappa shape index (κ2) is 6.01. The Labute approximate surface area is 139 Å². The van der Waals surface area contributed by atoms with E-state index in [2.05, 4.69) is 15.3 Å². The first kappa shape index (κ1) is 16.6. The quantitative estimate of drug-likeness (QED) is 0.838. The molecule has 1 saturated heterocycles. The summed E-state index contributed by atoms with van der Waals surface area (Å²) in [4.78, 5) is 31.1. The first-order chi connectivity index (χ1) is 11.3. The lowest BCUT2D eigenvalue weighted by Gasteiger charge is -2.23. The number of amides is 1. The summed E-state index contributed by atoms with van der Waals surface area (Å²) in [7, 11) is -3.07. The van der Waals surface area contributed by atoms with Crippen LogP contribution in [0.1, 0.15) is 25.6 Å². The predicted molar refractivity (Wildman–Crippen MR) is 90.5 cm³/mol. The van der Waals surface area contributed by atoms with Crippen molar-refractivity contribution in [2.75, 3.05) is 11.5 Å². The van der Waals surface area contributed by atoms with Gasteiger partial charge in [0.1, 0.15) is 5.82 Å². The molecule has 1 aromatic carbocycles. The second-order valence-corrected chi connectivity index (χ2v) is 8.66. The third-order valence-electron chi connectivity index (χ3n) is 4.20. The van der Waals surface area contributed by atoms with Crippen LogP contribution in [-0.2, 0) is 21.1 Å². The van der Waals surface area contributed by atoms with E-state index in [0.717, 1.165) is 0 Å². The van der Waals surface area contributed by atoms with E-state index in [9.17, 15) is 18.0 Å². The number of nitrogens with one attached hydrogen (secondary N) is 2. The average Bonchev–Trinajstić information content (AvgIpc) is 2.78. The molecule has 0 bridgehead atoms. The average molecular weight is 349 g/mol. The molecule has 1 aliphatic heterocycles. The van der Waals surface area contributed by atoms with E-state index >= 15 is 0 Å². The lowest BCUT2D eigenvalue weighted by atomic mass is 10.0. The molecule has 0 spiro atoms. The number of aryl methyl sites for hydroxylation is 1. The van der Waals surface area contributed by atoms with Gasteiger partial charge >= 0.3 is 0 Å². The Morgan fingerprint density at radius 2 is 2.12 bits per heavy atom. The Kier molecular flexibility index (Phi) is 4.16. The normalized spacial score (nSPS) is 22.5. The van der Waals surface area contributed by atoms with Gasteiger partial charge in [0, 0.05) is 12.8 Å². The molecule has 24 heavy (non-hydrogen) atoms. The van der Waals surface area contributed by atoms with Crippen LogP contribution >= 0.6 is 0 Å². The largest absolute Gasteiger partial charge is 0.350 e. The summed E-state index contributed by atoms with van der Waals surface area (Å²) in [5, 5.41) is 3.30. The molecular formula is C16H19N3O4S. The van der Waals surface area contributed by atoms with Crippen molar-refractivity contribution in [2.24, 2.45) is 0 Å². The summed E-state index contributed by atoms with van der Waals surface area (Å²) in [6.45, 7) is 1.74. The topological polar surface area (TPSA) is 109 Å². The van der Waals surface area contributed by atoms with E-state index in [4.69, 9.17) is 0 Å². The maximum atomic E-state index is 12.1. The Morgan fingerprint density at radius 1 is 1.38 bits per heavy atom. The van der Waals surface area contributed by atoms with E-state index in [-0.39, 0.29) is 35.8 Å². The number of hydrogen-bond donors (Lipinski definition) is 2. The molecule has 1 aliphatic rings. The summed E-state index contributed by atoms with van der Waals surface area (Å²) in [6.07, 6.45) is 0.845. The van der Waals surface area contributed by atoms with Crippen molar-refractivity contribution in [2.45, 2.75) is 31.7 Å². The van der Waals surface area contributed by atoms with Gasteiger partial charge in [-0.3, -0.25) is 9.59 Å². The standard InChI is InChI=1S/C16H19N3O4S/c1-16(8-9-24(22,23)10-16)19-14(20)7-6-13-17-12-5-3-2-4-11(12)15(21)18-13/h2-5H,6-10H2,1H3,(H,19,20)(H,17,18,21)/t16-/m1/s1. The van der Waals surface area contributed by atoms with Gasteiger partial charge in [-0.25, -0.2) is 13.4 Å². The van der Waals surface area contributed by atoms with Gasteiger partial charge in [-0.1, -0.05) is 12.1 Å². The van der Waals surface area contributed by atoms with Gasteiger partial charge in [0.05, 0.1) is 27.9 Å². The van der Waals surface area contributed by atoms with Crippen LogP contribution < -0.4 is 10.9 Å². The highest BCUT2D eigenvalue weighted by Crippen LogP contribution is 2.22. The highest BCUT2D eigenvalue weighted by molar-refractivity contribution is 7.91. The number of fused-ring (bicyclic) bond motifs is 1. The van der Waals surface area contributed by atoms with Gasteiger partial charge in [-0.15, -0.1) is 0 Å². The molecule has 1 atom stereocenters. The molecule has 0 saturated carbocycles. The Bertz CT molecular complexity index is 951. The van der Waals surface area contributed by atoms with Crippen LogP contribution in [0.3, 0.4) is 0 Å². The van der Waals surface area contributed by atoms with Gasteiger partial charge in [0.25, 0.3) is 5.56 Å². The number of aromatic amines is 1. The van der Waals surface area contributed by atoms with Gasteiger partial charge in [0.15, 0.2) is 9.84 Å². The molecule has 2 N–H and O–H groups in total. The van der Waals surface area contributed by atoms with Crippen LogP contribution in [0.5, 0.6) is 0 Å². The smallest absolute Gasteiger partial charge is 0.258 e. The fourth-order valence-corrected chi connectivity index (χ4v) is 5.09. The van der Waals surface area contributed by atoms with Crippen LogP contribution in [0, 0.1) is 0 Å². The maximum Gasteiger partial charge on any atom is 0.258 e. The van der Waals surface area contributed by atoms with Gasteiger partial charge < -0.3 is 10.3 Å². The number of benzene rings is 1. The highest BCUT2D eigenvalue weighted by atomic mass is 32.2. The molecule has 0 aliphatic carbocycles. The van der Waals surface area contributed by atoms with Crippen LogP contribution in [0.25, 0.3) is 10.9 Å². The van der Waals surface area contributed by atoms with Crippen molar-refractivity contribution in [3.8, 4) is 0 Å². The first-order valence-electron chi connectivity index (χ1n) is 7.76. The number of para-hydroxylation sites is 1. The summed E-state index contributed by atoms with van der Waals surface area (Å²) < 4.78 is 23.1. The number of sulfone groups is 1. The zero-order valence-electron chi connectivity index (χ0n) is 13.3. The maximum absolute atomic E-state index is 12.1. The monoisotopic (exact) mass is 349 g/mol. The number of carbonyl (C=O) groups excluding carboxylic acids is 1. The molecule has 1 fully saturated rings. The summed E-state index contributed by atoms with van der Waals surface area (Å²) in [5.74, 6) is 0.267. The number of nitrogens with zero attached hydrogens (tertiary/aromatic N) is 1. The molecule has 7 nitrogen and oxygen atoms in total. The summed E-state index contributed by atoms with van der Waals surface area (Å²) >= 11 is 0. The minimum absolute atomic E-state index is 0.0310. The minimum Gasteiger partial charge on any atom is -0.350 e. The molecule has 2 aromatic rings. The van der Waals surface area contributed by atoms with Crippen molar-refractivity contribution in [3.63, 3.8) is 0 Å². The highest BCUT2D eigenvalue weighted by Gasteiger charge is 2.39. The third-order valence-corrected chi connectivity index (χ3v) is 6.10. The summed E-state index contributed by atoms with van der Waals surface area (Å²) in [6, 6.07) is 7.01. The SMILES string of the molecule is C[C@@]1(NC(=O)CCc2nc3ccccc3c(=O)[nH]2)CCS(=O)(=O)C1. The van der Waals surface area contributed by atoms with E-state index in [1.54, 1.807) is 31.2 Å². The molecular weight excluding hydrogens is 330 g/mol. The molecule has 0 unspecified atom stereocenters. The van der Waals surface area contributed by atoms with Gasteiger partial charge in [-0.2, -0.15) is 0 Å². The van der Waals surface area contributed by atoms with Crippen molar-refractivity contribution < 1.29 is 13.2 Å². The molecule has 3 rings (SSSR count). The van der Waals surface area contributed by atoms with Crippen molar-refractivity contribution in [1.29, 1.82) is 0 Å². The fourth-order valence-electron chi connectivity index (χ4n) is 2.99. The van der Waals surface area contributed by atoms with Gasteiger partial charge in [-0.05, 0) is 25.5 Å². The third kappa shape index (κ3) is 3.64. The van der Waals surface area contributed by atoms with Crippen molar-refractivity contribution >= 4 is 26.6 Å². The van der Waals surface area contributed by atoms with E-state index < -0.39 is 15.4 Å². The lowest BCUT2D eigenvalue weighted by Crippen LogP contribution is -2.47. The van der Waals surface area contributed by atoms with Crippen LogP contribution in [0.4, 0.5) is 0 Å². The molecule has 8 heteroatoms. The van der Waals surface area contributed by atoms with Crippen LogP contribution in [0.2, 0.25) is 0 Å². The Morgan fingerprint density at radius 3 is 2.83 bits per heavy atom. The van der Waals surface area contributed by atoms with Gasteiger partial charge in [0.2, 0.25) is 5.91 Å². The van der Waals surface area contributed by atoms with Crippen LogP contribution in [0.15, 0.2) is 29.1 Å². The number of H-pyrrole nitrogens is 1.